The Hall–Kier alpha value is -6.00. The van der Waals surface area contributed by atoms with Gasteiger partial charge in [0, 0.05) is 51.6 Å². The Morgan fingerprint density at radius 3 is 1.73 bits per heavy atom. The highest BCUT2D eigenvalue weighted by atomic mass is 32.1. The zero-order valence-electron chi connectivity index (χ0n) is 28.2. The van der Waals surface area contributed by atoms with Crippen molar-refractivity contribution in [2.75, 3.05) is 4.90 Å². The minimum absolute atomic E-state index is 0.481. The quantitative estimate of drug-likeness (QED) is 0.173. The van der Waals surface area contributed by atoms with Crippen LogP contribution in [0.1, 0.15) is 22.3 Å². The van der Waals surface area contributed by atoms with E-state index in [0.717, 1.165) is 5.69 Å². The van der Waals surface area contributed by atoms with Crippen LogP contribution in [0.3, 0.4) is 0 Å². The van der Waals surface area contributed by atoms with Gasteiger partial charge in [0.1, 0.15) is 0 Å². The topological polar surface area (TPSA) is 3.24 Å². The highest BCUT2D eigenvalue weighted by Gasteiger charge is 2.47. The standard InChI is InChI=1S/C49H31NS2/c1-3-15-32(16-4-1)49(33-17-5-2-6-18-33)39-22-10-7-20-36(39)47-40(49)23-13-24-41(47)50(34-29-30-45-38(31-34)35-19-8-11-26-43(35)51-45)42-25-14-28-46-48(42)37-21-9-12-27-44(37)52-46/h1-31H. The number of nitrogens with zero attached hydrogens (tertiary/aromatic N) is 1. The van der Waals surface area contributed by atoms with Crippen molar-refractivity contribution in [3.63, 3.8) is 0 Å². The van der Waals surface area contributed by atoms with E-state index in [1.54, 1.807) is 0 Å². The van der Waals surface area contributed by atoms with Gasteiger partial charge in [-0.05, 0) is 76.3 Å². The highest BCUT2D eigenvalue weighted by Crippen LogP contribution is 2.60. The fourth-order valence-electron chi connectivity index (χ4n) is 8.86. The van der Waals surface area contributed by atoms with Gasteiger partial charge in [-0.15, -0.1) is 22.7 Å². The first-order valence-electron chi connectivity index (χ1n) is 17.8. The van der Waals surface area contributed by atoms with Gasteiger partial charge in [-0.1, -0.05) is 140 Å². The van der Waals surface area contributed by atoms with Crippen molar-refractivity contribution < 1.29 is 0 Å². The highest BCUT2D eigenvalue weighted by molar-refractivity contribution is 7.26. The third kappa shape index (κ3) is 4.15. The smallest absolute Gasteiger partial charge is 0.0714 e. The maximum absolute atomic E-state index is 2.55. The number of fused-ring (bicyclic) bond motifs is 9. The Morgan fingerprint density at radius 2 is 0.942 bits per heavy atom. The predicted octanol–water partition coefficient (Wildman–Crippen LogP) is 14.3. The van der Waals surface area contributed by atoms with Crippen LogP contribution in [0.2, 0.25) is 0 Å². The molecular formula is C49H31NS2. The summed E-state index contributed by atoms with van der Waals surface area (Å²) < 4.78 is 5.22. The molecule has 0 unspecified atom stereocenters. The van der Waals surface area contributed by atoms with Crippen molar-refractivity contribution in [1.29, 1.82) is 0 Å². The van der Waals surface area contributed by atoms with Crippen molar-refractivity contribution in [2.24, 2.45) is 0 Å². The number of benzene rings is 8. The van der Waals surface area contributed by atoms with E-state index in [2.05, 4.69) is 193 Å². The summed E-state index contributed by atoms with van der Waals surface area (Å²) in [5.74, 6) is 0. The summed E-state index contributed by atoms with van der Waals surface area (Å²) >= 11 is 3.74. The third-order valence-corrected chi connectivity index (χ3v) is 13.2. The van der Waals surface area contributed by atoms with Crippen LogP contribution in [-0.4, -0.2) is 0 Å². The third-order valence-electron chi connectivity index (χ3n) is 10.9. The molecule has 1 aliphatic rings. The second kappa shape index (κ2) is 11.5. The first-order valence-corrected chi connectivity index (χ1v) is 19.4. The lowest BCUT2D eigenvalue weighted by atomic mass is 9.68. The summed E-state index contributed by atoms with van der Waals surface area (Å²) in [5, 5.41) is 5.18. The van der Waals surface area contributed by atoms with E-state index in [0.29, 0.717) is 0 Å². The Labute approximate surface area is 310 Å². The summed E-state index contributed by atoms with van der Waals surface area (Å²) in [4.78, 5) is 2.55. The Morgan fingerprint density at radius 1 is 0.385 bits per heavy atom. The first kappa shape index (κ1) is 29.7. The molecule has 0 saturated carbocycles. The van der Waals surface area contributed by atoms with Crippen LogP contribution in [-0.2, 0) is 5.41 Å². The van der Waals surface area contributed by atoms with Gasteiger partial charge in [-0.3, -0.25) is 0 Å². The fraction of sp³-hybridized carbons (Fsp3) is 0.0204. The van der Waals surface area contributed by atoms with Crippen LogP contribution in [0.25, 0.3) is 51.5 Å². The summed E-state index contributed by atoms with van der Waals surface area (Å²) in [6.07, 6.45) is 0. The van der Waals surface area contributed by atoms with Crippen molar-refractivity contribution in [3.8, 4) is 11.1 Å². The van der Waals surface area contributed by atoms with Crippen molar-refractivity contribution >= 4 is 80.1 Å². The number of rotatable bonds is 5. The van der Waals surface area contributed by atoms with E-state index < -0.39 is 5.41 Å². The van der Waals surface area contributed by atoms with Crippen molar-refractivity contribution in [3.05, 3.63) is 210 Å². The molecule has 11 rings (SSSR count). The van der Waals surface area contributed by atoms with E-state index in [4.69, 9.17) is 0 Å². The van der Waals surface area contributed by atoms with E-state index in [1.165, 1.54) is 85.1 Å². The maximum Gasteiger partial charge on any atom is 0.0714 e. The average Bonchev–Trinajstić information content (AvgIpc) is 3.88. The molecule has 0 amide bonds. The molecule has 8 aromatic carbocycles. The fourth-order valence-corrected chi connectivity index (χ4v) is 11.1. The second-order valence-electron chi connectivity index (χ2n) is 13.6. The molecule has 52 heavy (non-hydrogen) atoms. The molecule has 2 aromatic heterocycles. The predicted molar refractivity (Wildman–Crippen MR) is 224 cm³/mol. The largest absolute Gasteiger partial charge is 0.309 e. The molecule has 0 N–H and O–H groups in total. The van der Waals surface area contributed by atoms with Gasteiger partial charge in [0.15, 0.2) is 0 Å². The molecule has 0 atom stereocenters. The van der Waals surface area contributed by atoms with Crippen LogP contribution < -0.4 is 4.90 Å². The molecule has 1 aliphatic carbocycles. The van der Waals surface area contributed by atoms with Gasteiger partial charge in [0.2, 0.25) is 0 Å². The minimum Gasteiger partial charge on any atom is -0.309 e. The SMILES string of the molecule is c1ccc(C2(c3ccccc3)c3ccccc3-c3c(N(c4ccc5sc6ccccc6c5c4)c4cccc5sc6ccccc6c45)cccc32)cc1. The Bertz CT molecular complexity index is 2930. The molecule has 0 bridgehead atoms. The molecule has 0 aliphatic heterocycles. The van der Waals surface area contributed by atoms with Gasteiger partial charge in [0.05, 0.1) is 16.8 Å². The lowest BCUT2D eigenvalue weighted by Crippen LogP contribution is -2.28. The molecule has 1 nitrogen and oxygen atoms in total. The van der Waals surface area contributed by atoms with Crippen molar-refractivity contribution in [1.82, 2.24) is 0 Å². The van der Waals surface area contributed by atoms with Crippen LogP contribution in [0, 0.1) is 0 Å². The molecular weight excluding hydrogens is 667 g/mol. The van der Waals surface area contributed by atoms with Gasteiger partial charge in [-0.2, -0.15) is 0 Å². The van der Waals surface area contributed by atoms with Gasteiger partial charge < -0.3 is 4.90 Å². The number of hydrogen-bond donors (Lipinski definition) is 0. The second-order valence-corrected chi connectivity index (χ2v) is 15.8. The summed E-state index contributed by atoms with van der Waals surface area (Å²) in [6, 6.07) is 69.8. The van der Waals surface area contributed by atoms with E-state index in [9.17, 15) is 0 Å². The first-order chi connectivity index (χ1) is 25.8. The van der Waals surface area contributed by atoms with Crippen LogP contribution in [0.4, 0.5) is 17.1 Å². The number of anilines is 3. The van der Waals surface area contributed by atoms with E-state index in [-0.39, 0.29) is 0 Å². The summed E-state index contributed by atoms with van der Waals surface area (Å²) in [7, 11) is 0. The Kier molecular flexibility index (Phi) is 6.57. The van der Waals surface area contributed by atoms with Gasteiger partial charge in [-0.25, -0.2) is 0 Å². The van der Waals surface area contributed by atoms with E-state index in [1.807, 2.05) is 22.7 Å². The summed E-state index contributed by atoms with van der Waals surface area (Å²) in [6.45, 7) is 0. The van der Waals surface area contributed by atoms with E-state index >= 15 is 0 Å². The lowest BCUT2D eigenvalue weighted by Gasteiger charge is -2.34. The molecule has 0 saturated heterocycles. The zero-order valence-corrected chi connectivity index (χ0v) is 29.8. The molecule has 0 radical (unpaired) electrons. The normalized spacial score (nSPS) is 13.2. The molecule has 10 aromatic rings. The van der Waals surface area contributed by atoms with Gasteiger partial charge in [0.25, 0.3) is 0 Å². The zero-order chi connectivity index (χ0) is 34.2. The minimum atomic E-state index is -0.481. The molecule has 2 heterocycles. The lowest BCUT2D eigenvalue weighted by molar-refractivity contribution is 0.768. The maximum atomic E-state index is 2.55. The summed E-state index contributed by atoms with van der Waals surface area (Å²) in [5.41, 5.74) is 10.8. The monoisotopic (exact) mass is 697 g/mol. The van der Waals surface area contributed by atoms with Crippen LogP contribution in [0.5, 0.6) is 0 Å². The van der Waals surface area contributed by atoms with Gasteiger partial charge >= 0.3 is 0 Å². The molecule has 244 valence electrons. The van der Waals surface area contributed by atoms with Crippen LogP contribution >= 0.6 is 22.7 Å². The average molecular weight is 698 g/mol. The molecule has 0 spiro atoms. The molecule has 3 heteroatoms. The van der Waals surface area contributed by atoms with Crippen molar-refractivity contribution in [2.45, 2.75) is 5.41 Å². The van der Waals surface area contributed by atoms with Crippen LogP contribution in [0.15, 0.2) is 188 Å². The molecule has 0 fully saturated rings. The number of hydrogen-bond acceptors (Lipinski definition) is 3. The number of thiophene rings is 2. The Balaban J connectivity index is 1.28.